The van der Waals surface area contributed by atoms with E-state index in [4.69, 9.17) is 16.3 Å². The van der Waals surface area contributed by atoms with E-state index in [9.17, 15) is 0 Å². The van der Waals surface area contributed by atoms with Crippen LogP contribution in [0.1, 0.15) is 5.56 Å². The number of benzene rings is 1. The highest BCUT2D eigenvalue weighted by atomic mass is 35.5. The Morgan fingerprint density at radius 1 is 1.36 bits per heavy atom. The summed E-state index contributed by atoms with van der Waals surface area (Å²) in [4.78, 5) is 2.08. The molecule has 0 unspecified atom stereocenters. The Hall–Kier alpha value is -0.730. The van der Waals surface area contributed by atoms with Crippen LogP contribution < -0.4 is 4.74 Å². The van der Waals surface area contributed by atoms with Gasteiger partial charge in [0.15, 0.2) is 0 Å². The van der Waals surface area contributed by atoms with Gasteiger partial charge in [-0.15, -0.1) is 0 Å². The predicted octanol–water partition coefficient (Wildman–Crippen LogP) is 2.59. The molecule has 0 heterocycles. The van der Waals surface area contributed by atoms with E-state index in [1.54, 1.807) is 0 Å². The summed E-state index contributed by atoms with van der Waals surface area (Å²) in [6.07, 6.45) is 0. The molecule has 0 N–H and O–H groups in total. The third-order valence-corrected chi connectivity index (χ3v) is 2.36. The Labute approximate surface area is 90.4 Å². The van der Waals surface area contributed by atoms with Gasteiger partial charge in [0.1, 0.15) is 12.4 Å². The van der Waals surface area contributed by atoms with Crippen molar-refractivity contribution in [2.24, 2.45) is 0 Å². The van der Waals surface area contributed by atoms with Crippen LogP contribution in [0.5, 0.6) is 5.75 Å². The standard InChI is InChI=1S/C11H16ClNO/c1-9-4-5-10(8-11(9)12)14-7-6-13(2)3/h4-5,8H,6-7H2,1-3H3. The molecule has 0 bridgehead atoms. The first-order valence-electron chi connectivity index (χ1n) is 4.63. The number of hydrogen-bond donors (Lipinski definition) is 0. The summed E-state index contributed by atoms with van der Waals surface area (Å²) in [5.41, 5.74) is 1.08. The Morgan fingerprint density at radius 3 is 2.64 bits per heavy atom. The van der Waals surface area contributed by atoms with Gasteiger partial charge in [-0.05, 0) is 38.7 Å². The maximum Gasteiger partial charge on any atom is 0.120 e. The highest BCUT2D eigenvalue weighted by Gasteiger charge is 1.98. The largest absolute Gasteiger partial charge is 0.492 e. The monoisotopic (exact) mass is 213 g/mol. The van der Waals surface area contributed by atoms with Gasteiger partial charge in [0.25, 0.3) is 0 Å². The Bertz CT molecular complexity index is 299. The zero-order chi connectivity index (χ0) is 10.6. The second kappa shape index (κ2) is 5.23. The highest BCUT2D eigenvalue weighted by Crippen LogP contribution is 2.21. The summed E-state index contributed by atoms with van der Waals surface area (Å²) in [5.74, 6) is 0.836. The van der Waals surface area contributed by atoms with Crippen LogP contribution in [0.4, 0.5) is 0 Å². The molecule has 0 aliphatic heterocycles. The number of likely N-dealkylation sites (N-methyl/N-ethyl adjacent to an activating group) is 1. The molecule has 3 heteroatoms. The lowest BCUT2D eigenvalue weighted by Crippen LogP contribution is -2.19. The summed E-state index contributed by atoms with van der Waals surface area (Å²) in [6, 6.07) is 5.76. The number of hydrogen-bond acceptors (Lipinski definition) is 2. The van der Waals surface area contributed by atoms with E-state index in [0.29, 0.717) is 6.61 Å². The van der Waals surface area contributed by atoms with E-state index >= 15 is 0 Å². The van der Waals surface area contributed by atoms with Crippen LogP contribution in [0.3, 0.4) is 0 Å². The van der Waals surface area contributed by atoms with Crippen molar-refractivity contribution in [1.82, 2.24) is 4.90 Å². The molecule has 1 rings (SSSR count). The normalized spacial score (nSPS) is 10.6. The Balaban J connectivity index is 2.47. The number of aryl methyl sites for hydroxylation is 1. The van der Waals surface area contributed by atoms with Crippen molar-refractivity contribution < 1.29 is 4.74 Å². The molecule has 0 amide bonds. The molecule has 0 saturated heterocycles. The fourth-order valence-electron chi connectivity index (χ4n) is 1.01. The molecule has 2 nitrogen and oxygen atoms in total. The van der Waals surface area contributed by atoms with Crippen molar-refractivity contribution in [3.8, 4) is 5.75 Å². The van der Waals surface area contributed by atoms with Crippen molar-refractivity contribution in [3.05, 3.63) is 28.8 Å². The summed E-state index contributed by atoms with van der Waals surface area (Å²) in [7, 11) is 4.04. The second-order valence-corrected chi connectivity index (χ2v) is 3.97. The molecule has 1 aromatic carbocycles. The van der Waals surface area contributed by atoms with Gasteiger partial charge in [-0.3, -0.25) is 0 Å². The molecule has 0 aliphatic rings. The molecule has 1 aromatic rings. The summed E-state index contributed by atoms with van der Waals surface area (Å²) in [5, 5.41) is 0.757. The average Bonchev–Trinajstić information content (AvgIpc) is 2.10. The van der Waals surface area contributed by atoms with Gasteiger partial charge in [-0.2, -0.15) is 0 Å². The quantitative estimate of drug-likeness (QED) is 0.763. The topological polar surface area (TPSA) is 12.5 Å². The van der Waals surface area contributed by atoms with Gasteiger partial charge in [0.05, 0.1) is 0 Å². The molecule has 0 aromatic heterocycles. The van der Waals surface area contributed by atoms with Crippen LogP contribution in [-0.2, 0) is 0 Å². The molecule has 14 heavy (non-hydrogen) atoms. The van der Waals surface area contributed by atoms with E-state index in [1.807, 2.05) is 39.2 Å². The maximum atomic E-state index is 5.96. The van der Waals surface area contributed by atoms with E-state index in [1.165, 1.54) is 0 Å². The van der Waals surface area contributed by atoms with Gasteiger partial charge >= 0.3 is 0 Å². The lowest BCUT2D eigenvalue weighted by atomic mass is 10.2. The number of rotatable bonds is 4. The molecular formula is C11H16ClNO. The van der Waals surface area contributed by atoms with E-state index < -0.39 is 0 Å². The van der Waals surface area contributed by atoms with Gasteiger partial charge in [0.2, 0.25) is 0 Å². The smallest absolute Gasteiger partial charge is 0.120 e. The number of nitrogens with zero attached hydrogens (tertiary/aromatic N) is 1. The van der Waals surface area contributed by atoms with Crippen molar-refractivity contribution in [3.63, 3.8) is 0 Å². The van der Waals surface area contributed by atoms with Crippen molar-refractivity contribution >= 4 is 11.6 Å². The van der Waals surface area contributed by atoms with E-state index in [0.717, 1.165) is 22.9 Å². The Kier molecular flexibility index (Phi) is 4.23. The van der Waals surface area contributed by atoms with Crippen LogP contribution in [-0.4, -0.2) is 32.1 Å². The van der Waals surface area contributed by atoms with E-state index in [2.05, 4.69) is 4.90 Å². The minimum Gasteiger partial charge on any atom is -0.492 e. The van der Waals surface area contributed by atoms with Crippen molar-refractivity contribution in [2.75, 3.05) is 27.2 Å². The number of halogens is 1. The van der Waals surface area contributed by atoms with Crippen molar-refractivity contribution in [1.29, 1.82) is 0 Å². The lowest BCUT2D eigenvalue weighted by molar-refractivity contribution is 0.261. The van der Waals surface area contributed by atoms with Gasteiger partial charge < -0.3 is 9.64 Å². The van der Waals surface area contributed by atoms with Gasteiger partial charge in [-0.25, -0.2) is 0 Å². The third-order valence-electron chi connectivity index (χ3n) is 1.95. The minimum absolute atomic E-state index is 0.687. The summed E-state index contributed by atoms with van der Waals surface area (Å²) >= 11 is 5.96. The highest BCUT2D eigenvalue weighted by molar-refractivity contribution is 6.31. The third kappa shape index (κ3) is 3.56. The van der Waals surface area contributed by atoms with E-state index in [-0.39, 0.29) is 0 Å². The molecule has 0 fully saturated rings. The predicted molar refractivity (Wildman–Crippen MR) is 60.2 cm³/mol. The molecule has 0 atom stereocenters. The maximum absolute atomic E-state index is 5.96. The number of ether oxygens (including phenoxy) is 1. The first kappa shape index (κ1) is 11.3. The van der Waals surface area contributed by atoms with Crippen LogP contribution in [0.25, 0.3) is 0 Å². The first-order chi connectivity index (χ1) is 6.59. The van der Waals surface area contributed by atoms with Crippen LogP contribution >= 0.6 is 11.6 Å². The molecular weight excluding hydrogens is 198 g/mol. The minimum atomic E-state index is 0.687. The van der Waals surface area contributed by atoms with Gasteiger partial charge in [-0.1, -0.05) is 17.7 Å². The average molecular weight is 214 g/mol. The summed E-state index contributed by atoms with van der Waals surface area (Å²) in [6.45, 7) is 3.57. The molecule has 0 saturated carbocycles. The first-order valence-corrected chi connectivity index (χ1v) is 5.01. The Morgan fingerprint density at radius 2 is 2.07 bits per heavy atom. The molecule has 0 spiro atoms. The summed E-state index contributed by atoms with van der Waals surface area (Å²) < 4.78 is 5.53. The lowest BCUT2D eigenvalue weighted by Gasteiger charge is -2.11. The van der Waals surface area contributed by atoms with Crippen LogP contribution in [0, 0.1) is 6.92 Å². The second-order valence-electron chi connectivity index (χ2n) is 3.56. The van der Waals surface area contributed by atoms with Crippen LogP contribution in [0.15, 0.2) is 18.2 Å². The van der Waals surface area contributed by atoms with Gasteiger partial charge in [0, 0.05) is 11.6 Å². The fourth-order valence-corrected chi connectivity index (χ4v) is 1.18. The molecule has 0 aliphatic carbocycles. The molecule has 0 radical (unpaired) electrons. The van der Waals surface area contributed by atoms with Crippen LogP contribution in [0.2, 0.25) is 5.02 Å². The molecule has 78 valence electrons. The fraction of sp³-hybridized carbons (Fsp3) is 0.455. The zero-order valence-electron chi connectivity index (χ0n) is 8.88. The SMILES string of the molecule is Cc1ccc(OCCN(C)C)cc1Cl. The zero-order valence-corrected chi connectivity index (χ0v) is 9.64. The van der Waals surface area contributed by atoms with Crippen molar-refractivity contribution in [2.45, 2.75) is 6.92 Å².